The monoisotopic (exact) mass is 509 g/mol. The average Bonchev–Trinajstić information content (AvgIpc) is 3.23. The summed E-state index contributed by atoms with van der Waals surface area (Å²) < 4.78 is 16.7. The third-order valence-electron chi connectivity index (χ3n) is 5.56. The molecule has 6 nitrogen and oxygen atoms in total. The van der Waals surface area contributed by atoms with E-state index in [4.69, 9.17) is 14.2 Å². The van der Waals surface area contributed by atoms with Crippen molar-refractivity contribution in [1.82, 2.24) is 10.6 Å². The standard InChI is InChI=1S/C22H27N3O3.HI/c1-23-21(24-14-17-5-3-2-4-6-17)25-15-22(9-11-26-12-10-22)18-7-8-19-20(13-18)28-16-27-19;/h2-8,13H,9-12,14-16H2,1H3,(H2,23,24,25);1H. The van der Waals surface area contributed by atoms with Gasteiger partial charge in [-0.05, 0) is 36.1 Å². The van der Waals surface area contributed by atoms with Crippen LogP contribution in [0, 0.1) is 0 Å². The first kappa shape index (κ1) is 21.7. The number of aliphatic imine (C=N–C) groups is 1. The van der Waals surface area contributed by atoms with Crippen LogP contribution in [-0.4, -0.2) is 39.6 Å². The van der Waals surface area contributed by atoms with Gasteiger partial charge in [0.1, 0.15) is 0 Å². The Labute approximate surface area is 189 Å². The highest BCUT2D eigenvalue weighted by atomic mass is 127. The number of hydrogen-bond acceptors (Lipinski definition) is 4. The number of nitrogens with one attached hydrogen (secondary N) is 2. The first-order chi connectivity index (χ1) is 13.8. The molecule has 0 bridgehead atoms. The summed E-state index contributed by atoms with van der Waals surface area (Å²) in [6, 6.07) is 16.6. The van der Waals surface area contributed by atoms with Crippen LogP contribution in [0.4, 0.5) is 0 Å². The molecule has 4 rings (SSSR count). The Kier molecular flexibility index (Phi) is 7.60. The second-order valence-corrected chi connectivity index (χ2v) is 7.23. The molecule has 0 saturated carbocycles. The molecular formula is C22H28IN3O3. The van der Waals surface area contributed by atoms with Crippen molar-refractivity contribution in [3.63, 3.8) is 0 Å². The Morgan fingerprint density at radius 3 is 2.52 bits per heavy atom. The highest BCUT2D eigenvalue weighted by Crippen LogP contribution is 2.40. The maximum atomic E-state index is 5.65. The summed E-state index contributed by atoms with van der Waals surface area (Å²) in [5.41, 5.74) is 2.46. The number of fused-ring (bicyclic) bond motifs is 1. The van der Waals surface area contributed by atoms with E-state index < -0.39 is 0 Å². The third-order valence-corrected chi connectivity index (χ3v) is 5.56. The summed E-state index contributed by atoms with van der Waals surface area (Å²) in [6.07, 6.45) is 1.91. The van der Waals surface area contributed by atoms with Crippen LogP contribution >= 0.6 is 24.0 Å². The topological polar surface area (TPSA) is 64.1 Å². The van der Waals surface area contributed by atoms with Crippen LogP contribution < -0.4 is 20.1 Å². The molecule has 0 atom stereocenters. The van der Waals surface area contributed by atoms with Gasteiger partial charge in [-0.15, -0.1) is 24.0 Å². The lowest BCUT2D eigenvalue weighted by molar-refractivity contribution is 0.0513. The van der Waals surface area contributed by atoms with Gasteiger partial charge in [0.2, 0.25) is 6.79 Å². The van der Waals surface area contributed by atoms with Crippen molar-refractivity contribution in [1.29, 1.82) is 0 Å². The van der Waals surface area contributed by atoms with Gasteiger partial charge in [0, 0.05) is 38.8 Å². The second kappa shape index (κ2) is 10.2. The summed E-state index contributed by atoms with van der Waals surface area (Å²) in [6.45, 7) is 3.33. The lowest BCUT2D eigenvalue weighted by Crippen LogP contribution is -2.47. The Hall–Kier alpha value is -2.00. The molecule has 0 amide bonds. The highest BCUT2D eigenvalue weighted by molar-refractivity contribution is 14.0. The molecular weight excluding hydrogens is 481 g/mol. The number of nitrogens with zero attached hydrogens (tertiary/aromatic N) is 1. The van der Waals surface area contributed by atoms with E-state index in [0.717, 1.165) is 56.6 Å². The van der Waals surface area contributed by atoms with Crippen molar-refractivity contribution in [3.8, 4) is 11.5 Å². The summed E-state index contributed by atoms with van der Waals surface area (Å²) in [5.74, 6) is 2.45. The predicted octanol–water partition coefficient (Wildman–Crippen LogP) is 3.45. The van der Waals surface area contributed by atoms with E-state index in [9.17, 15) is 0 Å². The van der Waals surface area contributed by atoms with Crippen molar-refractivity contribution in [2.75, 3.05) is 33.6 Å². The molecule has 156 valence electrons. The van der Waals surface area contributed by atoms with Crippen LogP contribution in [0.2, 0.25) is 0 Å². The lowest BCUT2D eigenvalue weighted by Gasteiger charge is -2.38. The summed E-state index contributed by atoms with van der Waals surface area (Å²) in [4.78, 5) is 4.39. The molecule has 2 N–H and O–H groups in total. The van der Waals surface area contributed by atoms with Crippen LogP contribution in [0.5, 0.6) is 11.5 Å². The lowest BCUT2D eigenvalue weighted by atomic mass is 9.74. The zero-order valence-electron chi connectivity index (χ0n) is 16.6. The van der Waals surface area contributed by atoms with E-state index in [0.29, 0.717) is 6.79 Å². The van der Waals surface area contributed by atoms with Crippen molar-refractivity contribution in [2.24, 2.45) is 4.99 Å². The molecule has 2 aliphatic heterocycles. The van der Waals surface area contributed by atoms with Gasteiger partial charge in [-0.25, -0.2) is 0 Å². The van der Waals surface area contributed by atoms with E-state index in [1.807, 2.05) is 24.3 Å². The van der Waals surface area contributed by atoms with E-state index in [1.165, 1.54) is 11.1 Å². The fraction of sp³-hybridized carbons (Fsp3) is 0.409. The number of hydrogen-bond donors (Lipinski definition) is 2. The molecule has 2 aliphatic rings. The highest BCUT2D eigenvalue weighted by Gasteiger charge is 2.35. The molecule has 2 aromatic rings. The van der Waals surface area contributed by atoms with E-state index in [1.54, 1.807) is 7.05 Å². The zero-order chi connectivity index (χ0) is 19.2. The van der Waals surface area contributed by atoms with Crippen LogP contribution in [0.25, 0.3) is 0 Å². The van der Waals surface area contributed by atoms with Crippen molar-refractivity contribution >= 4 is 29.9 Å². The number of rotatable bonds is 5. The maximum Gasteiger partial charge on any atom is 0.231 e. The van der Waals surface area contributed by atoms with E-state index in [-0.39, 0.29) is 29.4 Å². The molecule has 0 spiro atoms. The number of guanidine groups is 1. The normalized spacial score (nSPS) is 17.3. The average molecular weight is 509 g/mol. The quantitative estimate of drug-likeness (QED) is 0.368. The second-order valence-electron chi connectivity index (χ2n) is 7.23. The Balaban J connectivity index is 0.00000240. The first-order valence-electron chi connectivity index (χ1n) is 9.75. The van der Waals surface area contributed by atoms with Gasteiger partial charge in [0.25, 0.3) is 0 Å². The first-order valence-corrected chi connectivity index (χ1v) is 9.75. The minimum absolute atomic E-state index is 0. The van der Waals surface area contributed by atoms with Crippen LogP contribution in [0.3, 0.4) is 0 Å². The van der Waals surface area contributed by atoms with Crippen LogP contribution in [0.1, 0.15) is 24.0 Å². The van der Waals surface area contributed by atoms with Gasteiger partial charge in [-0.2, -0.15) is 0 Å². The molecule has 2 aromatic carbocycles. The maximum absolute atomic E-state index is 5.65. The molecule has 0 radical (unpaired) electrons. The third kappa shape index (κ3) is 5.14. The summed E-state index contributed by atoms with van der Waals surface area (Å²) >= 11 is 0. The minimum Gasteiger partial charge on any atom is -0.454 e. The number of ether oxygens (including phenoxy) is 3. The fourth-order valence-electron chi connectivity index (χ4n) is 3.81. The Morgan fingerprint density at radius 1 is 1.00 bits per heavy atom. The molecule has 1 saturated heterocycles. The number of benzene rings is 2. The largest absolute Gasteiger partial charge is 0.454 e. The van der Waals surface area contributed by atoms with Gasteiger partial charge < -0.3 is 24.8 Å². The SMILES string of the molecule is CN=C(NCc1ccccc1)NCC1(c2ccc3c(c2)OCO3)CCOCC1.I. The smallest absolute Gasteiger partial charge is 0.231 e. The summed E-state index contributed by atoms with van der Waals surface area (Å²) in [5, 5.41) is 6.93. The molecule has 7 heteroatoms. The molecule has 0 aliphatic carbocycles. The Bertz CT molecular complexity index is 823. The van der Waals surface area contributed by atoms with Crippen LogP contribution in [-0.2, 0) is 16.7 Å². The fourth-order valence-corrected chi connectivity index (χ4v) is 3.81. The number of halogens is 1. The Morgan fingerprint density at radius 2 is 1.76 bits per heavy atom. The molecule has 2 heterocycles. The minimum atomic E-state index is -0.0242. The van der Waals surface area contributed by atoms with Crippen molar-refractivity contribution < 1.29 is 14.2 Å². The molecule has 0 unspecified atom stereocenters. The molecule has 1 fully saturated rings. The zero-order valence-corrected chi connectivity index (χ0v) is 19.0. The van der Waals surface area contributed by atoms with E-state index >= 15 is 0 Å². The van der Waals surface area contributed by atoms with Gasteiger partial charge >= 0.3 is 0 Å². The van der Waals surface area contributed by atoms with Gasteiger partial charge in [-0.3, -0.25) is 4.99 Å². The van der Waals surface area contributed by atoms with Crippen molar-refractivity contribution in [2.45, 2.75) is 24.8 Å². The van der Waals surface area contributed by atoms with Gasteiger partial charge in [0.05, 0.1) is 0 Å². The van der Waals surface area contributed by atoms with Crippen LogP contribution in [0.15, 0.2) is 53.5 Å². The predicted molar refractivity (Wildman–Crippen MR) is 124 cm³/mol. The molecule has 29 heavy (non-hydrogen) atoms. The summed E-state index contributed by atoms with van der Waals surface area (Å²) in [7, 11) is 1.80. The molecule has 0 aromatic heterocycles. The van der Waals surface area contributed by atoms with Crippen molar-refractivity contribution in [3.05, 3.63) is 59.7 Å². The van der Waals surface area contributed by atoms with Gasteiger partial charge in [0.15, 0.2) is 17.5 Å². The van der Waals surface area contributed by atoms with E-state index in [2.05, 4.69) is 39.9 Å². The van der Waals surface area contributed by atoms with Gasteiger partial charge in [-0.1, -0.05) is 36.4 Å².